The van der Waals surface area contributed by atoms with Crippen molar-refractivity contribution in [3.63, 3.8) is 0 Å². The standard InChI is InChI=1S/C13H14ClFN2O/c1-8-5-12(17(2)16-8)13(18)7-9-6-10(14)3-4-11(9)15/h3-6,13,18H,7H2,1-2H3. The van der Waals surface area contributed by atoms with Crippen molar-refractivity contribution < 1.29 is 9.50 Å². The van der Waals surface area contributed by atoms with E-state index in [1.54, 1.807) is 17.8 Å². The fourth-order valence-corrected chi connectivity index (χ4v) is 2.15. The zero-order valence-corrected chi connectivity index (χ0v) is 10.9. The predicted octanol–water partition coefficient (Wildman–Crippen LogP) is 2.80. The molecule has 0 fully saturated rings. The minimum atomic E-state index is -0.802. The quantitative estimate of drug-likeness (QED) is 0.930. The van der Waals surface area contributed by atoms with E-state index in [1.165, 1.54) is 18.2 Å². The van der Waals surface area contributed by atoms with Gasteiger partial charge in [0.05, 0.1) is 17.5 Å². The highest BCUT2D eigenvalue weighted by Gasteiger charge is 2.16. The number of benzene rings is 1. The van der Waals surface area contributed by atoms with Crippen molar-refractivity contribution in [2.75, 3.05) is 0 Å². The lowest BCUT2D eigenvalue weighted by molar-refractivity contribution is 0.167. The van der Waals surface area contributed by atoms with Crippen LogP contribution in [0, 0.1) is 12.7 Å². The van der Waals surface area contributed by atoms with E-state index in [1.807, 2.05) is 6.92 Å². The fourth-order valence-electron chi connectivity index (χ4n) is 1.96. The summed E-state index contributed by atoms with van der Waals surface area (Å²) in [5.41, 5.74) is 1.87. The van der Waals surface area contributed by atoms with Crippen LogP contribution in [0.2, 0.25) is 5.02 Å². The van der Waals surface area contributed by atoms with Gasteiger partial charge in [0.25, 0.3) is 0 Å². The van der Waals surface area contributed by atoms with Crippen molar-refractivity contribution >= 4 is 11.6 Å². The number of hydrogen-bond donors (Lipinski definition) is 1. The molecular weight excluding hydrogens is 255 g/mol. The summed E-state index contributed by atoms with van der Waals surface area (Å²) in [6, 6.07) is 6.11. The van der Waals surface area contributed by atoms with Crippen molar-refractivity contribution in [2.45, 2.75) is 19.4 Å². The zero-order valence-electron chi connectivity index (χ0n) is 10.2. The Balaban J connectivity index is 2.23. The summed E-state index contributed by atoms with van der Waals surface area (Å²) >= 11 is 5.82. The van der Waals surface area contributed by atoms with Crippen molar-refractivity contribution in [3.05, 3.63) is 52.1 Å². The molecule has 2 rings (SSSR count). The van der Waals surface area contributed by atoms with Crippen LogP contribution in [-0.2, 0) is 13.5 Å². The number of aromatic nitrogens is 2. The Morgan fingerprint density at radius 1 is 1.44 bits per heavy atom. The first-order chi connectivity index (χ1) is 8.47. The molecule has 0 bridgehead atoms. The molecule has 0 amide bonds. The largest absolute Gasteiger partial charge is 0.386 e. The molecule has 0 saturated heterocycles. The molecule has 0 aliphatic carbocycles. The molecule has 1 unspecified atom stereocenters. The van der Waals surface area contributed by atoms with Crippen LogP contribution in [0.3, 0.4) is 0 Å². The third kappa shape index (κ3) is 2.71. The van der Waals surface area contributed by atoms with E-state index in [0.717, 1.165) is 5.69 Å². The topological polar surface area (TPSA) is 38.0 Å². The molecular formula is C13H14ClFN2O. The summed E-state index contributed by atoms with van der Waals surface area (Å²) in [5.74, 6) is -0.364. The molecule has 1 N–H and O–H groups in total. The monoisotopic (exact) mass is 268 g/mol. The van der Waals surface area contributed by atoms with E-state index in [2.05, 4.69) is 5.10 Å². The third-order valence-electron chi connectivity index (χ3n) is 2.80. The van der Waals surface area contributed by atoms with Crippen LogP contribution in [-0.4, -0.2) is 14.9 Å². The Bertz CT molecular complexity index is 568. The molecule has 1 atom stereocenters. The van der Waals surface area contributed by atoms with Crippen LogP contribution >= 0.6 is 11.6 Å². The second-order valence-corrected chi connectivity index (χ2v) is 4.73. The first kappa shape index (κ1) is 13.1. The normalized spacial score (nSPS) is 12.7. The molecule has 96 valence electrons. The van der Waals surface area contributed by atoms with Gasteiger partial charge in [-0.1, -0.05) is 11.6 Å². The minimum absolute atomic E-state index is 0.172. The second kappa shape index (κ2) is 5.08. The number of hydrogen-bond acceptors (Lipinski definition) is 2. The molecule has 0 saturated carbocycles. The highest BCUT2D eigenvalue weighted by molar-refractivity contribution is 6.30. The first-order valence-corrected chi connectivity index (χ1v) is 5.97. The number of aliphatic hydroxyl groups excluding tert-OH is 1. The van der Waals surface area contributed by atoms with Crippen molar-refractivity contribution in [3.8, 4) is 0 Å². The fraction of sp³-hybridized carbons (Fsp3) is 0.308. The summed E-state index contributed by atoms with van der Waals surface area (Å²) in [4.78, 5) is 0. The molecule has 3 nitrogen and oxygen atoms in total. The van der Waals surface area contributed by atoms with Gasteiger partial charge in [-0.05, 0) is 36.8 Å². The average molecular weight is 269 g/mol. The molecule has 18 heavy (non-hydrogen) atoms. The summed E-state index contributed by atoms with van der Waals surface area (Å²) in [7, 11) is 1.75. The summed E-state index contributed by atoms with van der Waals surface area (Å²) in [5, 5.41) is 14.7. The smallest absolute Gasteiger partial charge is 0.126 e. The van der Waals surface area contributed by atoms with Gasteiger partial charge in [0.15, 0.2) is 0 Å². The average Bonchev–Trinajstić information content (AvgIpc) is 2.63. The van der Waals surface area contributed by atoms with E-state index in [4.69, 9.17) is 11.6 Å². The third-order valence-corrected chi connectivity index (χ3v) is 3.04. The van der Waals surface area contributed by atoms with E-state index in [0.29, 0.717) is 16.3 Å². The number of nitrogens with zero attached hydrogens (tertiary/aromatic N) is 2. The zero-order chi connectivity index (χ0) is 13.3. The van der Waals surface area contributed by atoms with Crippen LogP contribution in [0.25, 0.3) is 0 Å². The van der Waals surface area contributed by atoms with Crippen LogP contribution in [0.5, 0.6) is 0 Å². The van der Waals surface area contributed by atoms with Gasteiger partial charge in [-0.2, -0.15) is 5.10 Å². The van der Waals surface area contributed by atoms with Gasteiger partial charge in [-0.3, -0.25) is 4.68 Å². The van der Waals surface area contributed by atoms with Crippen LogP contribution < -0.4 is 0 Å². The molecule has 1 aromatic heterocycles. The van der Waals surface area contributed by atoms with Gasteiger partial charge >= 0.3 is 0 Å². The highest BCUT2D eigenvalue weighted by Crippen LogP contribution is 2.22. The van der Waals surface area contributed by atoms with Gasteiger partial charge in [-0.25, -0.2) is 4.39 Å². The van der Waals surface area contributed by atoms with Crippen molar-refractivity contribution in [1.82, 2.24) is 9.78 Å². The Kier molecular flexibility index (Phi) is 3.68. The maximum Gasteiger partial charge on any atom is 0.126 e. The number of rotatable bonds is 3. The molecule has 1 heterocycles. The maximum atomic E-state index is 13.6. The van der Waals surface area contributed by atoms with Gasteiger partial charge in [-0.15, -0.1) is 0 Å². The van der Waals surface area contributed by atoms with Crippen molar-refractivity contribution in [2.24, 2.45) is 7.05 Å². The van der Waals surface area contributed by atoms with Crippen molar-refractivity contribution in [1.29, 1.82) is 0 Å². The lowest BCUT2D eigenvalue weighted by Gasteiger charge is -2.11. The summed E-state index contributed by atoms with van der Waals surface area (Å²) in [6.45, 7) is 1.84. The highest BCUT2D eigenvalue weighted by atomic mass is 35.5. The van der Waals surface area contributed by atoms with Gasteiger partial charge in [0.2, 0.25) is 0 Å². The van der Waals surface area contributed by atoms with Gasteiger partial charge < -0.3 is 5.11 Å². The summed E-state index contributed by atoms with van der Waals surface area (Å²) < 4.78 is 15.2. The van der Waals surface area contributed by atoms with E-state index >= 15 is 0 Å². The van der Waals surface area contributed by atoms with Crippen LogP contribution in [0.4, 0.5) is 4.39 Å². The van der Waals surface area contributed by atoms with Crippen LogP contribution in [0.1, 0.15) is 23.1 Å². The molecule has 0 spiro atoms. The molecule has 0 radical (unpaired) electrons. The van der Waals surface area contributed by atoms with Gasteiger partial charge in [0, 0.05) is 18.5 Å². The molecule has 0 aliphatic heterocycles. The predicted molar refractivity (Wildman–Crippen MR) is 68.0 cm³/mol. The lowest BCUT2D eigenvalue weighted by Crippen LogP contribution is -2.08. The van der Waals surface area contributed by atoms with E-state index in [9.17, 15) is 9.50 Å². The Hall–Kier alpha value is -1.39. The number of halogens is 2. The molecule has 1 aromatic carbocycles. The van der Waals surface area contributed by atoms with Crippen LogP contribution in [0.15, 0.2) is 24.3 Å². The first-order valence-electron chi connectivity index (χ1n) is 5.60. The molecule has 5 heteroatoms. The van der Waals surface area contributed by atoms with E-state index in [-0.39, 0.29) is 12.2 Å². The summed E-state index contributed by atoms with van der Waals surface area (Å²) in [6.07, 6.45) is -0.630. The van der Waals surface area contributed by atoms with E-state index < -0.39 is 6.10 Å². The minimum Gasteiger partial charge on any atom is -0.386 e. The second-order valence-electron chi connectivity index (χ2n) is 4.29. The van der Waals surface area contributed by atoms with Gasteiger partial charge in [0.1, 0.15) is 5.82 Å². The number of aliphatic hydroxyl groups is 1. The number of aryl methyl sites for hydroxylation is 2. The molecule has 0 aliphatic rings. The Morgan fingerprint density at radius 3 is 2.78 bits per heavy atom. The Morgan fingerprint density at radius 2 is 2.17 bits per heavy atom. The Labute approximate surface area is 110 Å². The SMILES string of the molecule is Cc1cc(C(O)Cc2cc(Cl)ccc2F)n(C)n1. The maximum absolute atomic E-state index is 13.6. The molecule has 2 aromatic rings. The lowest BCUT2D eigenvalue weighted by atomic mass is 10.0.